The largest absolute Gasteiger partial charge is 0.367 e. The van der Waals surface area contributed by atoms with Crippen LogP contribution in [0.15, 0.2) is 47.6 Å². The lowest BCUT2D eigenvalue weighted by Crippen LogP contribution is -2.31. The molecule has 0 spiro atoms. The summed E-state index contributed by atoms with van der Waals surface area (Å²) in [6, 6.07) is 7.68. The summed E-state index contributed by atoms with van der Waals surface area (Å²) in [4.78, 5) is 27.0. The third-order valence-electron chi connectivity index (χ3n) is 4.15. The van der Waals surface area contributed by atoms with Crippen LogP contribution >= 0.6 is 0 Å². The fourth-order valence-electron chi connectivity index (χ4n) is 2.56. The fraction of sp³-hybridized carbons (Fsp3) is 0.294. The average molecular weight is 361 g/mol. The Morgan fingerprint density at radius 2 is 2.00 bits per heavy atom. The topological polar surface area (TPSA) is 108 Å². The van der Waals surface area contributed by atoms with Crippen molar-refractivity contribution in [1.29, 1.82) is 0 Å². The molecule has 8 heteroatoms. The van der Waals surface area contributed by atoms with E-state index in [9.17, 15) is 18.0 Å². The number of amides is 2. The number of hydrogen-bond donors (Lipinski definition) is 3. The number of aromatic amines is 1. The maximum atomic E-state index is 12.2. The number of aromatic nitrogens is 1. The monoisotopic (exact) mass is 361 g/mol. The van der Waals surface area contributed by atoms with Gasteiger partial charge in [-0.05, 0) is 36.6 Å². The van der Waals surface area contributed by atoms with Crippen LogP contribution in [0, 0.1) is 5.92 Å². The first-order valence-corrected chi connectivity index (χ1v) is 9.76. The smallest absolute Gasteiger partial charge is 0.253 e. The maximum absolute atomic E-state index is 12.2. The van der Waals surface area contributed by atoms with Gasteiger partial charge in [-0.1, -0.05) is 6.07 Å². The van der Waals surface area contributed by atoms with E-state index in [1.165, 1.54) is 12.1 Å². The molecule has 2 aromatic rings. The lowest BCUT2D eigenvalue weighted by molar-refractivity contribution is 0.0949. The van der Waals surface area contributed by atoms with Gasteiger partial charge < -0.3 is 15.6 Å². The summed E-state index contributed by atoms with van der Waals surface area (Å²) >= 11 is 0. The van der Waals surface area contributed by atoms with Crippen molar-refractivity contribution in [2.45, 2.75) is 17.4 Å². The third-order valence-corrected chi connectivity index (χ3v) is 5.26. The second kappa shape index (κ2) is 6.72. The minimum atomic E-state index is -3.35. The molecule has 1 aromatic carbocycles. The van der Waals surface area contributed by atoms with E-state index in [0.29, 0.717) is 17.7 Å². The minimum absolute atomic E-state index is 0.0463. The van der Waals surface area contributed by atoms with Crippen LogP contribution in [0.5, 0.6) is 0 Å². The van der Waals surface area contributed by atoms with Crippen molar-refractivity contribution in [3.63, 3.8) is 0 Å². The van der Waals surface area contributed by atoms with Crippen molar-refractivity contribution in [3.05, 3.63) is 53.9 Å². The van der Waals surface area contributed by atoms with E-state index in [0.717, 1.165) is 12.7 Å². The highest BCUT2D eigenvalue weighted by atomic mass is 32.2. The zero-order chi connectivity index (χ0) is 18.0. The zero-order valence-electron chi connectivity index (χ0n) is 13.7. The van der Waals surface area contributed by atoms with Gasteiger partial charge in [0.15, 0.2) is 9.84 Å². The van der Waals surface area contributed by atoms with E-state index < -0.39 is 9.84 Å². The Bertz CT molecular complexity index is 890. The van der Waals surface area contributed by atoms with Gasteiger partial charge in [0.25, 0.3) is 11.8 Å². The molecule has 7 nitrogen and oxygen atoms in total. The first-order valence-electron chi connectivity index (χ1n) is 7.86. The van der Waals surface area contributed by atoms with Crippen LogP contribution in [0.3, 0.4) is 0 Å². The Morgan fingerprint density at radius 3 is 2.68 bits per heavy atom. The van der Waals surface area contributed by atoms with Crippen molar-refractivity contribution in [1.82, 2.24) is 15.6 Å². The molecule has 25 heavy (non-hydrogen) atoms. The summed E-state index contributed by atoms with van der Waals surface area (Å²) in [5, 5.41) is 5.70. The lowest BCUT2D eigenvalue weighted by atomic mass is 10.2. The number of H-pyrrole nitrogens is 1. The summed E-state index contributed by atoms with van der Waals surface area (Å²) in [5.41, 5.74) is 0.878. The number of carbonyl (C=O) groups excluding carboxylic acids is 2. The van der Waals surface area contributed by atoms with Crippen LogP contribution in [0.4, 0.5) is 0 Å². The van der Waals surface area contributed by atoms with Crippen molar-refractivity contribution in [3.8, 4) is 0 Å². The van der Waals surface area contributed by atoms with Gasteiger partial charge >= 0.3 is 0 Å². The van der Waals surface area contributed by atoms with Crippen LogP contribution in [-0.4, -0.2) is 44.1 Å². The second-order valence-corrected chi connectivity index (χ2v) is 8.20. The van der Waals surface area contributed by atoms with Crippen LogP contribution in [0.25, 0.3) is 0 Å². The normalized spacial score (nSPS) is 19.2. The van der Waals surface area contributed by atoms with Crippen molar-refractivity contribution < 1.29 is 18.0 Å². The second-order valence-electron chi connectivity index (χ2n) is 6.19. The van der Waals surface area contributed by atoms with Crippen LogP contribution in [0.1, 0.15) is 27.1 Å². The first-order chi connectivity index (χ1) is 11.8. The molecule has 0 unspecified atom stereocenters. The van der Waals surface area contributed by atoms with E-state index in [1.807, 2.05) is 0 Å². The number of rotatable bonds is 6. The van der Waals surface area contributed by atoms with Crippen LogP contribution in [0.2, 0.25) is 0 Å². The van der Waals surface area contributed by atoms with Gasteiger partial charge in [0.05, 0.1) is 10.5 Å². The molecule has 132 valence electrons. The van der Waals surface area contributed by atoms with Crippen LogP contribution in [-0.2, 0) is 9.84 Å². The molecule has 1 aromatic heterocycles. The van der Waals surface area contributed by atoms with Gasteiger partial charge in [-0.25, -0.2) is 8.42 Å². The summed E-state index contributed by atoms with van der Waals surface area (Å²) in [6.07, 6.45) is 5.22. The highest BCUT2D eigenvalue weighted by Gasteiger charge is 2.38. The summed E-state index contributed by atoms with van der Waals surface area (Å²) < 4.78 is 23.1. The minimum Gasteiger partial charge on any atom is -0.367 e. The molecule has 0 radical (unpaired) electrons. The molecular formula is C17H19N3O4S. The molecule has 3 N–H and O–H groups in total. The molecule has 2 atom stereocenters. The molecule has 0 saturated heterocycles. The molecule has 1 heterocycles. The van der Waals surface area contributed by atoms with Gasteiger partial charge in [-0.15, -0.1) is 0 Å². The number of carbonyl (C=O) groups is 2. The molecule has 3 rings (SSSR count). The predicted molar refractivity (Wildman–Crippen MR) is 92.0 cm³/mol. The highest BCUT2D eigenvalue weighted by molar-refractivity contribution is 7.90. The summed E-state index contributed by atoms with van der Waals surface area (Å²) in [6.45, 7) is 0.431. The fourth-order valence-corrected chi connectivity index (χ4v) is 3.23. The van der Waals surface area contributed by atoms with Crippen molar-refractivity contribution in [2.75, 3.05) is 12.8 Å². The lowest BCUT2D eigenvalue weighted by Gasteiger charge is -2.07. The van der Waals surface area contributed by atoms with E-state index in [2.05, 4.69) is 15.6 Å². The molecule has 1 aliphatic carbocycles. The molecule has 1 fully saturated rings. The molecule has 1 aliphatic rings. The van der Waals surface area contributed by atoms with Gasteiger partial charge in [-0.3, -0.25) is 9.59 Å². The Morgan fingerprint density at radius 1 is 1.20 bits per heavy atom. The molecule has 1 saturated carbocycles. The van der Waals surface area contributed by atoms with E-state index >= 15 is 0 Å². The maximum Gasteiger partial charge on any atom is 0.253 e. The summed E-state index contributed by atoms with van der Waals surface area (Å²) in [5.74, 6) is -0.279. The first kappa shape index (κ1) is 17.2. The number of benzene rings is 1. The number of nitrogens with one attached hydrogen (secondary N) is 3. The molecule has 2 amide bonds. The Labute approximate surface area is 145 Å². The van der Waals surface area contributed by atoms with Crippen LogP contribution < -0.4 is 10.6 Å². The SMILES string of the molecule is CS(=O)(=O)c1cccc(C(=O)NC[C@@H]2C[C@@H]2NC(=O)c2cc[nH]c2)c1. The summed E-state index contributed by atoms with van der Waals surface area (Å²) in [7, 11) is -3.35. The van der Waals surface area contributed by atoms with Gasteiger partial charge in [0.2, 0.25) is 0 Å². The molecule has 0 bridgehead atoms. The third kappa shape index (κ3) is 4.27. The quantitative estimate of drug-likeness (QED) is 0.712. The van der Waals surface area contributed by atoms with Crippen molar-refractivity contribution in [2.24, 2.45) is 5.92 Å². The van der Waals surface area contributed by atoms with Gasteiger partial charge in [0, 0.05) is 36.8 Å². The van der Waals surface area contributed by atoms with Gasteiger partial charge in [-0.2, -0.15) is 0 Å². The molecule has 0 aliphatic heterocycles. The number of sulfone groups is 1. The van der Waals surface area contributed by atoms with E-state index in [1.54, 1.807) is 30.6 Å². The standard InChI is InChI=1S/C17H19N3O4S/c1-25(23,24)14-4-2-3-11(7-14)16(21)19-10-13-8-15(13)20-17(22)12-5-6-18-9-12/h2-7,9,13,15,18H,8,10H2,1H3,(H,19,21)(H,20,22)/t13-,15-/m0/s1. The molecular weight excluding hydrogens is 342 g/mol. The Kier molecular flexibility index (Phi) is 4.63. The average Bonchev–Trinajstić information content (AvgIpc) is 3.08. The van der Waals surface area contributed by atoms with Gasteiger partial charge in [0.1, 0.15) is 0 Å². The Balaban J connectivity index is 1.50. The predicted octanol–water partition coefficient (Wildman–Crippen LogP) is 0.966. The Hall–Kier alpha value is -2.61. The highest BCUT2D eigenvalue weighted by Crippen LogP contribution is 2.29. The van der Waals surface area contributed by atoms with Crippen molar-refractivity contribution >= 4 is 21.7 Å². The zero-order valence-corrected chi connectivity index (χ0v) is 14.5. The number of hydrogen-bond acceptors (Lipinski definition) is 4. The van der Waals surface area contributed by atoms with E-state index in [4.69, 9.17) is 0 Å². The van der Waals surface area contributed by atoms with E-state index in [-0.39, 0.29) is 28.7 Å².